The minimum Gasteiger partial charge on any atom is -0.348 e. The lowest BCUT2D eigenvalue weighted by Gasteiger charge is -2.32. The quantitative estimate of drug-likeness (QED) is 0.837. The van der Waals surface area contributed by atoms with Crippen molar-refractivity contribution in [2.45, 2.75) is 37.1 Å². The van der Waals surface area contributed by atoms with E-state index in [1.807, 2.05) is 36.4 Å². The maximum absolute atomic E-state index is 6.46. The van der Waals surface area contributed by atoms with Crippen LogP contribution in [0.25, 0.3) is 0 Å². The maximum atomic E-state index is 6.46. The Balaban J connectivity index is 1.70. The summed E-state index contributed by atoms with van der Waals surface area (Å²) in [6.07, 6.45) is 0.759. The molecule has 2 aromatic carbocycles. The molecule has 1 fully saturated rings. The van der Waals surface area contributed by atoms with Gasteiger partial charge >= 0.3 is 0 Å². The lowest BCUT2D eigenvalue weighted by Crippen LogP contribution is -2.54. The molecule has 4 N–H and O–H groups in total. The minimum absolute atomic E-state index is 0.168. The molecular formula is C20H26N2O3. The van der Waals surface area contributed by atoms with Gasteiger partial charge in [0.25, 0.3) is 0 Å². The minimum atomic E-state index is -0.318. The molecular weight excluding hydrogens is 316 g/mol. The van der Waals surface area contributed by atoms with E-state index in [-0.39, 0.29) is 37.9 Å². The summed E-state index contributed by atoms with van der Waals surface area (Å²) < 4.78 is 17.0. The van der Waals surface area contributed by atoms with Crippen LogP contribution in [0.5, 0.6) is 0 Å². The van der Waals surface area contributed by atoms with Gasteiger partial charge in [-0.25, -0.2) is 0 Å². The normalized spacial score (nSPS) is 23.6. The van der Waals surface area contributed by atoms with Crippen LogP contribution >= 0.6 is 0 Å². The smallest absolute Gasteiger partial charge is 0.150 e. The number of ether oxygens (including phenoxy) is 3. The Bertz CT molecular complexity index is 568. The predicted octanol–water partition coefficient (Wildman–Crippen LogP) is 1.84. The summed E-state index contributed by atoms with van der Waals surface area (Å²) in [6, 6.07) is 19.8. The number of nitrogens with two attached hydrogens (primary N) is 2. The summed E-state index contributed by atoms with van der Waals surface area (Å²) >= 11 is 0. The Morgan fingerprint density at radius 1 is 0.720 bits per heavy atom. The highest BCUT2D eigenvalue weighted by Gasteiger charge is 2.35. The number of benzene rings is 2. The molecule has 0 spiro atoms. The van der Waals surface area contributed by atoms with Crippen molar-refractivity contribution in [3.8, 4) is 0 Å². The van der Waals surface area contributed by atoms with Gasteiger partial charge in [0.15, 0.2) is 0 Å². The highest BCUT2D eigenvalue weighted by molar-refractivity contribution is 5.18. The Morgan fingerprint density at radius 3 is 1.52 bits per heavy atom. The summed E-state index contributed by atoms with van der Waals surface area (Å²) in [4.78, 5) is 0. The van der Waals surface area contributed by atoms with E-state index < -0.39 is 0 Å². The van der Waals surface area contributed by atoms with Gasteiger partial charge in [-0.1, -0.05) is 60.7 Å². The third-order valence-electron chi connectivity index (χ3n) is 4.48. The van der Waals surface area contributed by atoms with Crippen molar-refractivity contribution >= 4 is 0 Å². The van der Waals surface area contributed by atoms with Crippen LogP contribution in [-0.2, 0) is 27.1 Å². The average Bonchev–Trinajstić information content (AvgIpc) is 2.89. The van der Waals surface area contributed by atoms with Crippen LogP contribution in [0.15, 0.2) is 60.7 Å². The fourth-order valence-electron chi connectivity index (χ4n) is 3.22. The molecule has 0 aromatic heterocycles. The zero-order chi connectivity index (χ0) is 17.5. The monoisotopic (exact) mass is 342 g/mol. The molecule has 0 bridgehead atoms. The van der Waals surface area contributed by atoms with Crippen LogP contribution in [0, 0.1) is 0 Å². The number of hydrogen-bond acceptors (Lipinski definition) is 5. The van der Waals surface area contributed by atoms with Crippen molar-refractivity contribution in [2.24, 2.45) is 11.5 Å². The van der Waals surface area contributed by atoms with E-state index in [9.17, 15) is 0 Å². The van der Waals surface area contributed by atoms with E-state index in [1.54, 1.807) is 0 Å². The van der Waals surface area contributed by atoms with Crippen molar-refractivity contribution in [1.82, 2.24) is 0 Å². The number of hydrogen-bond donors (Lipinski definition) is 2. The fraction of sp³-hybridized carbons (Fsp3) is 0.400. The van der Waals surface area contributed by atoms with Gasteiger partial charge in [-0.2, -0.15) is 0 Å². The van der Waals surface area contributed by atoms with Crippen LogP contribution < -0.4 is 11.5 Å². The van der Waals surface area contributed by atoms with Crippen LogP contribution in [0.4, 0.5) is 0 Å². The molecule has 3 rings (SSSR count). The molecule has 0 aliphatic carbocycles. The Kier molecular flexibility index (Phi) is 6.55. The zero-order valence-electron chi connectivity index (χ0n) is 14.3. The molecule has 0 saturated carbocycles. The second-order valence-corrected chi connectivity index (χ2v) is 6.41. The van der Waals surface area contributed by atoms with Gasteiger partial charge in [-0.15, -0.1) is 0 Å². The van der Waals surface area contributed by atoms with Gasteiger partial charge in [-0.05, 0) is 24.0 Å². The Hall–Kier alpha value is -1.76. The zero-order valence-corrected chi connectivity index (χ0v) is 14.3. The largest absolute Gasteiger partial charge is 0.348 e. The van der Waals surface area contributed by atoms with E-state index in [2.05, 4.69) is 24.3 Å². The van der Waals surface area contributed by atoms with Gasteiger partial charge in [0, 0.05) is 12.1 Å². The molecule has 5 heteroatoms. The first-order valence-electron chi connectivity index (χ1n) is 8.64. The predicted molar refractivity (Wildman–Crippen MR) is 96.8 cm³/mol. The van der Waals surface area contributed by atoms with E-state index in [0.717, 1.165) is 0 Å². The molecule has 1 aliphatic rings. The molecule has 1 heterocycles. The van der Waals surface area contributed by atoms with Gasteiger partial charge in [0.05, 0.1) is 0 Å². The van der Waals surface area contributed by atoms with Gasteiger partial charge in [0.2, 0.25) is 0 Å². The maximum Gasteiger partial charge on any atom is 0.150 e. The molecule has 2 unspecified atom stereocenters. The summed E-state index contributed by atoms with van der Waals surface area (Å²) in [5.74, 6) is 0. The molecule has 2 aromatic rings. The van der Waals surface area contributed by atoms with Crippen LogP contribution in [0.2, 0.25) is 0 Å². The van der Waals surface area contributed by atoms with Crippen LogP contribution in [-0.4, -0.2) is 37.9 Å². The molecule has 5 nitrogen and oxygen atoms in total. The van der Waals surface area contributed by atoms with Gasteiger partial charge in [0.1, 0.15) is 25.8 Å². The Labute approximate surface area is 148 Å². The molecule has 0 amide bonds. The van der Waals surface area contributed by atoms with E-state index >= 15 is 0 Å². The van der Waals surface area contributed by atoms with Gasteiger partial charge in [-0.3, -0.25) is 0 Å². The molecule has 134 valence electrons. The Morgan fingerprint density at radius 2 is 1.12 bits per heavy atom. The molecule has 0 radical (unpaired) electrons. The second kappa shape index (κ2) is 9.08. The van der Waals surface area contributed by atoms with Crippen molar-refractivity contribution in [3.05, 3.63) is 71.8 Å². The first-order chi connectivity index (χ1) is 12.2. The van der Waals surface area contributed by atoms with Crippen molar-refractivity contribution in [1.29, 1.82) is 0 Å². The van der Waals surface area contributed by atoms with Crippen molar-refractivity contribution in [2.75, 3.05) is 13.6 Å². The highest BCUT2D eigenvalue weighted by atomic mass is 16.8. The van der Waals surface area contributed by atoms with Gasteiger partial charge < -0.3 is 25.7 Å². The molecule has 25 heavy (non-hydrogen) atoms. The third-order valence-corrected chi connectivity index (χ3v) is 4.48. The summed E-state index contributed by atoms with van der Waals surface area (Å²) in [6.45, 7) is 0.337. The topological polar surface area (TPSA) is 79.7 Å². The highest BCUT2D eigenvalue weighted by Crippen LogP contribution is 2.19. The molecule has 1 saturated heterocycles. The van der Waals surface area contributed by atoms with Crippen LogP contribution in [0.1, 0.15) is 11.1 Å². The molecule has 1 aliphatic heterocycles. The SMILES string of the molecule is N[C@H](Cc1ccccc1)C1OCOCOC1[C@H](N)Cc1ccccc1. The average molecular weight is 342 g/mol. The first kappa shape index (κ1) is 18.0. The van der Waals surface area contributed by atoms with Crippen molar-refractivity contribution in [3.63, 3.8) is 0 Å². The summed E-state index contributed by atoms with van der Waals surface area (Å²) in [5, 5.41) is 0. The van der Waals surface area contributed by atoms with Crippen molar-refractivity contribution < 1.29 is 14.2 Å². The fourth-order valence-corrected chi connectivity index (χ4v) is 3.22. The lowest BCUT2D eigenvalue weighted by molar-refractivity contribution is -0.0903. The second-order valence-electron chi connectivity index (χ2n) is 6.41. The lowest BCUT2D eigenvalue weighted by atomic mass is 9.92. The van der Waals surface area contributed by atoms with Crippen LogP contribution in [0.3, 0.4) is 0 Å². The number of rotatable bonds is 6. The molecule has 4 atom stereocenters. The van der Waals surface area contributed by atoms with E-state index in [4.69, 9.17) is 25.7 Å². The first-order valence-corrected chi connectivity index (χ1v) is 8.64. The van der Waals surface area contributed by atoms with E-state index in [1.165, 1.54) is 11.1 Å². The van der Waals surface area contributed by atoms with E-state index in [0.29, 0.717) is 12.8 Å². The standard InChI is InChI=1S/C20H26N2O3/c21-17(11-15-7-3-1-4-8-15)19-20(25-14-23-13-24-19)18(22)12-16-9-5-2-6-10-16/h1-10,17-20H,11-14,21-22H2/t17-,18-,19?,20?/m1/s1. The summed E-state index contributed by atoms with van der Waals surface area (Å²) in [7, 11) is 0. The third kappa shape index (κ3) is 5.11. The summed E-state index contributed by atoms with van der Waals surface area (Å²) in [5.41, 5.74) is 15.2.